The lowest BCUT2D eigenvalue weighted by Crippen LogP contribution is -2.47. The molecule has 0 saturated carbocycles. The normalized spacial score (nSPS) is 22.1. The Bertz CT molecular complexity index is 1150. The molecule has 29 heavy (non-hydrogen) atoms. The van der Waals surface area contributed by atoms with Gasteiger partial charge in [-0.15, -0.1) is 0 Å². The van der Waals surface area contributed by atoms with E-state index in [1.165, 1.54) is 10.9 Å². The third-order valence-corrected chi connectivity index (χ3v) is 7.93. The fourth-order valence-corrected chi connectivity index (χ4v) is 6.19. The van der Waals surface area contributed by atoms with Crippen molar-refractivity contribution < 1.29 is 8.42 Å². The summed E-state index contributed by atoms with van der Waals surface area (Å²) in [5.74, 6) is 0.706. The standard InChI is InChI=1S/C21H23N5O2S/c1-25-14-18(13-23-25)29(27,28)26-11-5-9-21(15-26)10-8-17-12-22-20(24-19(17)21)16-6-3-2-4-7-16/h2-4,6-7,12-14H,5,8-11,15H2,1H3. The van der Waals surface area contributed by atoms with Gasteiger partial charge in [0.1, 0.15) is 4.90 Å². The third-order valence-electron chi connectivity index (χ3n) is 6.13. The maximum absolute atomic E-state index is 13.2. The summed E-state index contributed by atoms with van der Waals surface area (Å²) in [7, 11) is -1.83. The van der Waals surface area contributed by atoms with Crippen LogP contribution in [0.4, 0.5) is 0 Å². The van der Waals surface area contributed by atoms with Crippen LogP contribution in [0.5, 0.6) is 0 Å². The number of aryl methyl sites for hydroxylation is 2. The zero-order chi connectivity index (χ0) is 20.1. The molecule has 0 radical (unpaired) electrons. The van der Waals surface area contributed by atoms with Crippen molar-refractivity contribution in [2.75, 3.05) is 13.1 Å². The van der Waals surface area contributed by atoms with E-state index in [9.17, 15) is 8.42 Å². The number of hydrogen-bond acceptors (Lipinski definition) is 5. The second kappa shape index (κ2) is 6.74. The quantitative estimate of drug-likeness (QED) is 0.664. The highest BCUT2D eigenvalue weighted by molar-refractivity contribution is 7.89. The van der Waals surface area contributed by atoms with Gasteiger partial charge in [0.05, 0.1) is 11.9 Å². The molecule has 1 saturated heterocycles. The van der Waals surface area contributed by atoms with Crippen molar-refractivity contribution in [2.24, 2.45) is 7.05 Å². The topological polar surface area (TPSA) is 81.0 Å². The first-order valence-corrected chi connectivity index (χ1v) is 11.3. The van der Waals surface area contributed by atoms with Gasteiger partial charge in [0.2, 0.25) is 10.0 Å². The molecule has 3 heterocycles. The van der Waals surface area contributed by atoms with E-state index in [1.807, 2.05) is 36.5 Å². The smallest absolute Gasteiger partial charge is 0.246 e. The summed E-state index contributed by atoms with van der Waals surface area (Å²) in [5.41, 5.74) is 2.91. The van der Waals surface area contributed by atoms with E-state index in [2.05, 4.69) is 10.1 Å². The van der Waals surface area contributed by atoms with Crippen molar-refractivity contribution in [3.05, 3.63) is 60.2 Å². The van der Waals surface area contributed by atoms with Crippen LogP contribution in [-0.4, -0.2) is 45.6 Å². The molecule has 2 aromatic heterocycles. The van der Waals surface area contributed by atoms with Gasteiger partial charge in [-0.05, 0) is 31.2 Å². The number of aromatic nitrogens is 4. The first-order valence-electron chi connectivity index (χ1n) is 9.89. The zero-order valence-electron chi connectivity index (χ0n) is 16.3. The lowest BCUT2D eigenvalue weighted by Gasteiger charge is -2.39. The minimum absolute atomic E-state index is 0.241. The molecule has 1 aromatic carbocycles. The van der Waals surface area contributed by atoms with Crippen LogP contribution >= 0.6 is 0 Å². The van der Waals surface area contributed by atoms with Gasteiger partial charge in [0, 0.05) is 43.5 Å². The van der Waals surface area contributed by atoms with Crippen LogP contribution in [0.1, 0.15) is 30.5 Å². The molecule has 1 spiro atoms. The Morgan fingerprint density at radius 3 is 2.69 bits per heavy atom. The van der Waals surface area contributed by atoms with Crippen molar-refractivity contribution in [1.29, 1.82) is 0 Å². The fourth-order valence-electron chi connectivity index (χ4n) is 4.64. The average molecular weight is 410 g/mol. The summed E-state index contributed by atoms with van der Waals surface area (Å²) in [6, 6.07) is 9.93. The molecule has 1 unspecified atom stereocenters. The van der Waals surface area contributed by atoms with Crippen LogP contribution in [0.15, 0.2) is 53.8 Å². The molecule has 150 valence electrons. The molecule has 0 amide bonds. The Morgan fingerprint density at radius 2 is 1.93 bits per heavy atom. The maximum Gasteiger partial charge on any atom is 0.246 e. The van der Waals surface area contributed by atoms with E-state index in [-0.39, 0.29) is 10.3 Å². The molecular formula is C21H23N5O2S. The number of rotatable bonds is 3. The highest BCUT2D eigenvalue weighted by Gasteiger charge is 2.46. The lowest BCUT2D eigenvalue weighted by atomic mass is 9.78. The molecule has 8 heteroatoms. The van der Waals surface area contributed by atoms with Crippen molar-refractivity contribution >= 4 is 10.0 Å². The second-order valence-corrected chi connectivity index (χ2v) is 9.94. The molecule has 1 fully saturated rings. The number of benzene rings is 1. The summed E-state index contributed by atoms with van der Waals surface area (Å²) >= 11 is 0. The molecule has 7 nitrogen and oxygen atoms in total. The van der Waals surface area contributed by atoms with Crippen LogP contribution in [0.2, 0.25) is 0 Å². The Hall–Kier alpha value is -2.58. The largest absolute Gasteiger partial charge is 0.274 e. The molecule has 2 aliphatic rings. The first kappa shape index (κ1) is 18.4. The Balaban J connectivity index is 1.51. The van der Waals surface area contributed by atoms with E-state index in [1.54, 1.807) is 17.5 Å². The summed E-state index contributed by atoms with van der Waals surface area (Å²) in [5, 5.41) is 4.04. The van der Waals surface area contributed by atoms with Crippen LogP contribution in [0, 0.1) is 0 Å². The first-order chi connectivity index (χ1) is 14.0. The molecule has 1 aliphatic heterocycles. The van der Waals surface area contributed by atoms with Crippen molar-refractivity contribution in [3.63, 3.8) is 0 Å². The molecule has 1 atom stereocenters. The summed E-state index contributed by atoms with van der Waals surface area (Å²) in [4.78, 5) is 9.76. The van der Waals surface area contributed by atoms with Gasteiger partial charge in [-0.1, -0.05) is 30.3 Å². The van der Waals surface area contributed by atoms with Crippen LogP contribution in [0.25, 0.3) is 11.4 Å². The fraction of sp³-hybridized carbons (Fsp3) is 0.381. The van der Waals surface area contributed by atoms with E-state index in [0.29, 0.717) is 18.9 Å². The Morgan fingerprint density at radius 1 is 1.10 bits per heavy atom. The molecule has 5 rings (SSSR count). The maximum atomic E-state index is 13.2. The summed E-state index contributed by atoms with van der Waals surface area (Å²) in [6.07, 6.45) is 8.49. The van der Waals surface area contributed by atoms with Gasteiger partial charge in [-0.3, -0.25) is 4.68 Å². The molecule has 3 aromatic rings. The van der Waals surface area contributed by atoms with E-state index in [4.69, 9.17) is 4.98 Å². The minimum atomic E-state index is -3.56. The predicted octanol–water partition coefficient (Wildman–Crippen LogP) is 2.55. The van der Waals surface area contributed by atoms with Gasteiger partial charge in [0.25, 0.3) is 0 Å². The second-order valence-electron chi connectivity index (χ2n) is 8.01. The Labute approximate surface area is 170 Å². The summed E-state index contributed by atoms with van der Waals surface area (Å²) < 4.78 is 29.5. The van der Waals surface area contributed by atoms with Crippen LogP contribution in [-0.2, 0) is 28.9 Å². The highest BCUT2D eigenvalue weighted by atomic mass is 32.2. The SMILES string of the molecule is Cn1cc(S(=O)(=O)N2CCCC3(CCc4cnc(-c5ccccc5)nc43)C2)cn1. The van der Waals surface area contributed by atoms with E-state index < -0.39 is 10.0 Å². The van der Waals surface area contributed by atoms with Crippen molar-refractivity contribution in [1.82, 2.24) is 24.1 Å². The highest BCUT2D eigenvalue weighted by Crippen LogP contribution is 2.45. The van der Waals surface area contributed by atoms with Crippen molar-refractivity contribution in [3.8, 4) is 11.4 Å². The molecule has 0 bridgehead atoms. The van der Waals surface area contributed by atoms with Crippen LogP contribution < -0.4 is 0 Å². The molecule has 1 aliphatic carbocycles. The number of nitrogens with zero attached hydrogens (tertiary/aromatic N) is 5. The monoisotopic (exact) mass is 409 g/mol. The predicted molar refractivity (Wildman–Crippen MR) is 109 cm³/mol. The van der Waals surface area contributed by atoms with Crippen LogP contribution in [0.3, 0.4) is 0 Å². The lowest BCUT2D eigenvalue weighted by molar-refractivity contribution is 0.219. The minimum Gasteiger partial charge on any atom is -0.274 e. The van der Waals surface area contributed by atoms with E-state index in [0.717, 1.165) is 42.5 Å². The molecule has 0 N–H and O–H groups in total. The average Bonchev–Trinajstić information content (AvgIpc) is 3.33. The van der Waals surface area contributed by atoms with Gasteiger partial charge in [-0.2, -0.15) is 9.40 Å². The number of piperidine rings is 1. The van der Waals surface area contributed by atoms with Gasteiger partial charge >= 0.3 is 0 Å². The molecular weight excluding hydrogens is 386 g/mol. The number of sulfonamides is 1. The van der Waals surface area contributed by atoms with Crippen molar-refractivity contribution in [2.45, 2.75) is 36.0 Å². The summed E-state index contributed by atoms with van der Waals surface area (Å²) in [6.45, 7) is 0.993. The number of fused-ring (bicyclic) bond motifs is 2. The number of hydrogen-bond donors (Lipinski definition) is 0. The third kappa shape index (κ3) is 3.07. The van der Waals surface area contributed by atoms with Gasteiger partial charge in [0.15, 0.2) is 5.82 Å². The van der Waals surface area contributed by atoms with E-state index >= 15 is 0 Å². The Kier molecular flexibility index (Phi) is 4.29. The zero-order valence-corrected chi connectivity index (χ0v) is 17.1. The van der Waals surface area contributed by atoms with Gasteiger partial charge in [-0.25, -0.2) is 18.4 Å². The van der Waals surface area contributed by atoms with Gasteiger partial charge < -0.3 is 0 Å².